The molecular weight excluding hydrogens is 212 g/mol. The van der Waals surface area contributed by atoms with E-state index in [9.17, 15) is 4.79 Å². The van der Waals surface area contributed by atoms with Gasteiger partial charge in [-0.15, -0.1) is 12.4 Å². The topological polar surface area (TPSA) is 26.3 Å². The van der Waals surface area contributed by atoms with Gasteiger partial charge in [0.05, 0.1) is 0 Å². The Kier molecular flexibility index (Phi) is 3.13. The molecule has 0 aromatic rings. The minimum Gasteiger partial charge on any atom is -0.462 e. The van der Waals surface area contributed by atoms with Crippen molar-refractivity contribution in [3.05, 3.63) is 0 Å². The summed E-state index contributed by atoms with van der Waals surface area (Å²) in [5.74, 6) is 0.622. The Hall–Kier alpha value is -0.240. The summed E-state index contributed by atoms with van der Waals surface area (Å²) in [5.41, 5.74) is 0.552. The highest BCUT2D eigenvalue weighted by Crippen LogP contribution is 2.66. The van der Waals surface area contributed by atoms with Gasteiger partial charge >= 0.3 is 5.97 Å². The number of halogens is 1. The lowest BCUT2D eigenvalue weighted by molar-refractivity contribution is -0.154. The molecule has 3 heteroatoms. The molecule has 3 atom stereocenters. The molecule has 2 aliphatic rings. The van der Waals surface area contributed by atoms with Gasteiger partial charge in [-0.1, -0.05) is 20.8 Å². The normalized spacial score (nSPS) is 41.1. The van der Waals surface area contributed by atoms with Gasteiger partial charge in [0.15, 0.2) is 0 Å². The molecule has 88 valence electrons. The molecule has 0 radical (unpaired) electrons. The number of fused-ring (bicyclic) bond motifs is 2. The Bertz CT molecular complexity index is 275. The van der Waals surface area contributed by atoms with Crippen molar-refractivity contribution in [1.82, 2.24) is 0 Å². The third-order valence-corrected chi connectivity index (χ3v) is 5.02. The SMILES string of the molecule is CC(=O)OC1CC2CC[C@@]1(C)C2(C)C.Cl. The lowest BCUT2D eigenvalue weighted by atomic mass is 9.70. The first kappa shape index (κ1) is 12.8. The highest BCUT2D eigenvalue weighted by molar-refractivity contribution is 5.85. The van der Waals surface area contributed by atoms with Crippen molar-refractivity contribution in [2.45, 2.75) is 53.1 Å². The predicted molar refractivity (Wildman–Crippen MR) is 62.0 cm³/mol. The predicted octanol–water partition coefficient (Wildman–Crippen LogP) is 3.19. The van der Waals surface area contributed by atoms with Crippen molar-refractivity contribution in [2.75, 3.05) is 0 Å². The quantitative estimate of drug-likeness (QED) is 0.649. The molecule has 0 aromatic carbocycles. The molecule has 0 aromatic heterocycles. The molecule has 2 fully saturated rings. The van der Waals surface area contributed by atoms with E-state index in [1.807, 2.05) is 0 Å². The minimum absolute atomic E-state index is 0. The number of ether oxygens (including phenoxy) is 1. The maximum Gasteiger partial charge on any atom is 0.302 e. The van der Waals surface area contributed by atoms with Crippen LogP contribution in [0.3, 0.4) is 0 Å². The molecule has 2 saturated carbocycles. The smallest absolute Gasteiger partial charge is 0.302 e. The number of carbonyl (C=O) groups is 1. The first-order valence-electron chi connectivity index (χ1n) is 5.55. The van der Waals surface area contributed by atoms with E-state index in [0.29, 0.717) is 5.41 Å². The van der Waals surface area contributed by atoms with Crippen LogP contribution < -0.4 is 0 Å². The van der Waals surface area contributed by atoms with Crippen molar-refractivity contribution in [2.24, 2.45) is 16.7 Å². The Morgan fingerprint density at radius 1 is 1.33 bits per heavy atom. The van der Waals surface area contributed by atoms with Crippen molar-refractivity contribution < 1.29 is 9.53 Å². The minimum atomic E-state index is -0.125. The van der Waals surface area contributed by atoms with Crippen LogP contribution in [-0.4, -0.2) is 12.1 Å². The van der Waals surface area contributed by atoms with Crippen molar-refractivity contribution >= 4 is 18.4 Å². The van der Waals surface area contributed by atoms with Crippen molar-refractivity contribution in [3.63, 3.8) is 0 Å². The molecule has 0 saturated heterocycles. The second kappa shape index (κ2) is 3.65. The molecule has 2 aliphatic carbocycles. The average Bonchev–Trinajstić information content (AvgIpc) is 2.35. The van der Waals surface area contributed by atoms with Gasteiger partial charge in [0.1, 0.15) is 6.10 Å². The van der Waals surface area contributed by atoms with Crippen LogP contribution in [0.15, 0.2) is 0 Å². The van der Waals surface area contributed by atoms with Gasteiger partial charge < -0.3 is 4.74 Å². The van der Waals surface area contributed by atoms with E-state index < -0.39 is 0 Å². The number of carbonyl (C=O) groups excluding carboxylic acids is 1. The fourth-order valence-electron chi connectivity index (χ4n) is 3.51. The van der Waals surface area contributed by atoms with Gasteiger partial charge in [-0.05, 0) is 30.6 Å². The van der Waals surface area contributed by atoms with E-state index in [-0.39, 0.29) is 29.9 Å². The van der Waals surface area contributed by atoms with Gasteiger partial charge in [-0.2, -0.15) is 0 Å². The van der Waals surface area contributed by atoms with Crippen molar-refractivity contribution in [3.8, 4) is 0 Å². The number of hydrogen-bond donors (Lipinski definition) is 0. The summed E-state index contributed by atoms with van der Waals surface area (Å²) in [5, 5.41) is 0. The first-order chi connectivity index (χ1) is 6.38. The number of rotatable bonds is 1. The molecule has 2 unspecified atom stereocenters. The van der Waals surface area contributed by atoms with Crippen LogP contribution in [0.2, 0.25) is 0 Å². The third kappa shape index (κ3) is 1.57. The Labute approximate surface area is 98.2 Å². The van der Waals surface area contributed by atoms with Crippen LogP contribution in [0.5, 0.6) is 0 Å². The summed E-state index contributed by atoms with van der Waals surface area (Å²) in [7, 11) is 0. The molecule has 2 rings (SSSR count). The zero-order chi connectivity index (χ0) is 10.6. The highest BCUT2D eigenvalue weighted by atomic mass is 35.5. The Morgan fingerprint density at radius 3 is 2.27 bits per heavy atom. The summed E-state index contributed by atoms with van der Waals surface area (Å²) in [6.07, 6.45) is 3.75. The van der Waals surface area contributed by atoms with Crippen LogP contribution in [0, 0.1) is 16.7 Å². The van der Waals surface area contributed by atoms with E-state index in [4.69, 9.17) is 4.74 Å². The van der Waals surface area contributed by atoms with Gasteiger partial charge in [0, 0.05) is 12.3 Å². The fraction of sp³-hybridized carbons (Fsp3) is 0.917. The number of esters is 1. The monoisotopic (exact) mass is 232 g/mol. The summed E-state index contributed by atoms with van der Waals surface area (Å²) >= 11 is 0. The molecule has 0 spiro atoms. The van der Waals surface area contributed by atoms with Crippen LogP contribution in [0.4, 0.5) is 0 Å². The van der Waals surface area contributed by atoms with E-state index in [1.54, 1.807) is 0 Å². The summed E-state index contributed by atoms with van der Waals surface area (Å²) in [4.78, 5) is 11.0. The maximum atomic E-state index is 11.0. The van der Waals surface area contributed by atoms with Crippen LogP contribution in [0.1, 0.15) is 47.0 Å². The van der Waals surface area contributed by atoms with Crippen molar-refractivity contribution in [1.29, 1.82) is 0 Å². The van der Waals surface area contributed by atoms with Crippen LogP contribution in [0.25, 0.3) is 0 Å². The van der Waals surface area contributed by atoms with E-state index in [0.717, 1.165) is 12.3 Å². The summed E-state index contributed by atoms with van der Waals surface area (Å²) in [6, 6.07) is 0. The molecule has 2 bridgehead atoms. The van der Waals surface area contributed by atoms with E-state index in [1.165, 1.54) is 19.8 Å². The average molecular weight is 233 g/mol. The highest BCUT2D eigenvalue weighted by Gasteiger charge is 2.62. The largest absolute Gasteiger partial charge is 0.462 e. The van der Waals surface area contributed by atoms with Gasteiger partial charge in [-0.25, -0.2) is 0 Å². The zero-order valence-corrected chi connectivity index (χ0v) is 10.8. The molecule has 0 aliphatic heterocycles. The zero-order valence-electron chi connectivity index (χ0n) is 10.0. The summed E-state index contributed by atoms with van der Waals surface area (Å²) in [6.45, 7) is 8.46. The second-order valence-electron chi connectivity index (χ2n) is 5.71. The molecular formula is C12H21ClO2. The first-order valence-corrected chi connectivity index (χ1v) is 5.55. The standard InChI is InChI=1S/C12H20O2.ClH/c1-8(13)14-10-7-9-5-6-12(10,4)11(9,2)3;/h9-10H,5-7H2,1-4H3;1H/t9?,10?,12-;/m1./s1. The van der Waals surface area contributed by atoms with E-state index in [2.05, 4.69) is 20.8 Å². The fourth-order valence-corrected chi connectivity index (χ4v) is 3.51. The molecule has 15 heavy (non-hydrogen) atoms. The third-order valence-electron chi connectivity index (χ3n) is 5.02. The van der Waals surface area contributed by atoms with Gasteiger partial charge in [0.25, 0.3) is 0 Å². The molecule has 0 N–H and O–H groups in total. The molecule has 2 nitrogen and oxygen atoms in total. The summed E-state index contributed by atoms with van der Waals surface area (Å²) < 4.78 is 5.44. The molecule has 0 heterocycles. The second-order valence-corrected chi connectivity index (χ2v) is 5.71. The maximum absolute atomic E-state index is 11.0. The Balaban J connectivity index is 0.00000112. The lowest BCUT2D eigenvalue weighted by Crippen LogP contribution is -2.37. The van der Waals surface area contributed by atoms with Gasteiger partial charge in [0.2, 0.25) is 0 Å². The van der Waals surface area contributed by atoms with Crippen LogP contribution >= 0.6 is 12.4 Å². The molecule has 0 amide bonds. The van der Waals surface area contributed by atoms with E-state index >= 15 is 0 Å². The van der Waals surface area contributed by atoms with Gasteiger partial charge in [-0.3, -0.25) is 4.79 Å². The van der Waals surface area contributed by atoms with Crippen LogP contribution in [-0.2, 0) is 9.53 Å². The number of hydrogen-bond acceptors (Lipinski definition) is 2. The Morgan fingerprint density at radius 2 is 1.93 bits per heavy atom. The lowest BCUT2D eigenvalue weighted by Gasteiger charge is -2.38.